The second-order valence-corrected chi connectivity index (χ2v) is 3.20. The quantitative estimate of drug-likeness (QED) is 0.638. The molecule has 0 aliphatic carbocycles. The maximum atomic E-state index is 13.2. The first kappa shape index (κ1) is 9.45. The molecule has 4 heteroatoms. The van der Waals surface area contributed by atoms with Gasteiger partial charge < -0.3 is 5.73 Å². The molecule has 1 aliphatic rings. The molecule has 1 heterocycles. The van der Waals surface area contributed by atoms with Crippen molar-refractivity contribution < 1.29 is 9.18 Å². The van der Waals surface area contributed by atoms with Gasteiger partial charge in [-0.1, -0.05) is 6.42 Å². The maximum Gasteiger partial charge on any atom is 0.221 e. The van der Waals surface area contributed by atoms with E-state index in [4.69, 9.17) is 5.73 Å². The standard InChI is InChI=1S/C8H15FN2O/c9-7(6-8(10)12)11-4-2-1-3-5-11/h7H,1-6H2,(H2,10,12). The minimum atomic E-state index is -1.16. The van der Waals surface area contributed by atoms with E-state index in [-0.39, 0.29) is 6.42 Å². The lowest BCUT2D eigenvalue weighted by atomic mass is 10.1. The molecule has 1 fully saturated rings. The maximum absolute atomic E-state index is 13.2. The van der Waals surface area contributed by atoms with Crippen LogP contribution in [0, 0.1) is 0 Å². The Morgan fingerprint density at radius 2 is 2.00 bits per heavy atom. The topological polar surface area (TPSA) is 46.3 Å². The molecule has 1 unspecified atom stereocenters. The molecule has 1 aliphatic heterocycles. The Bertz CT molecular complexity index is 157. The number of alkyl halides is 1. The Labute approximate surface area is 71.7 Å². The van der Waals surface area contributed by atoms with Gasteiger partial charge in [0.15, 0.2) is 6.30 Å². The van der Waals surface area contributed by atoms with Crippen LogP contribution in [0.15, 0.2) is 0 Å². The van der Waals surface area contributed by atoms with Gasteiger partial charge in [0.25, 0.3) is 0 Å². The fraction of sp³-hybridized carbons (Fsp3) is 0.875. The predicted molar refractivity (Wildman–Crippen MR) is 44.1 cm³/mol. The van der Waals surface area contributed by atoms with Crippen molar-refractivity contribution in [1.82, 2.24) is 4.90 Å². The van der Waals surface area contributed by atoms with E-state index in [1.165, 1.54) is 6.42 Å². The van der Waals surface area contributed by atoms with Crippen LogP contribution in [0.25, 0.3) is 0 Å². The number of carbonyl (C=O) groups is 1. The summed E-state index contributed by atoms with van der Waals surface area (Å²) in [6.07, 6.45) is 1.89. The lowest BCUT2D eigenvalue weighted by Crippen LogP contribution is -2.38. The first-order valence-corrected chi connectivity index (χ1v) is 4.36. The molecule has 0 spiro atoms. The summed E-state index contributed by atoms with van der Waals surface area (Å²) in [5.41, 5.74) is 4.89. The molecule has 0 aromatic rings. The Morgan fingerprint density at radius 1 is 1.42 bits per heavy atom. The van der Waals surface area contributed by atoms with E-state index in [9.17, 15) is 9.18 Å². The molecule has 12 heavy (non-hydrogen) atoms. The molecule has 3 nitrogen and oxygen atoms in total. The number of amides is 1. The molecule has 0 radical (unpaired) electrons. The molecule has 0 saturated carbocycles. The summed E-state index contributed by atoms with van der Waals surface area (Å²) in [5, 5.41) is 0. The summed E-state index contributed by atoms with van der Waals surface area (Å²) in [6, 6.07) is 0. The summed E-state index contributed by atoms with van der Waals surface area (Å²) in [4.78, 5) is 12.1. The van der Waals surface area contributed by atoms with Gasteiger partial charge in [-0.2, -0.15) is 0 Å². The van der Waals surface area contributed by atoms with Crippen LogP contribution in [-0.4, -0.2) is 30.2 Å². The Balaban J connectivity index is 2.29. The zero-order chi connectivity index (χ0) is 8.97. The van der Waals surface area contributed by atoms with Crippen molar-refractivity contribution in [2.45, 2.75) is 32.0 Å². The molecular formula is C8H15FN2O. The van der Waals surface area contributed by atoms with E-state index >= 15 is 0 Å². The number of carbonyl (C=O) groups excluding carboxylic acids is 1. The average molecular weight is 174 g/mol. The monoisotopic (exact) mass is 174 g/mol. The van der Waals surface area contributed by atoms with Crippen LogP contribution in [0.2, 0.25) is 0 Å². The van der Waals surface area contributed by atoms with Crippen LogP contribution in [0.1, 0.15) is 25.7 Å². The normalized spacial score (nSPS) is 22.1. The number of rotatable bonds is 3. The van der Waals surface area contributed by atoms with E-state index in [1.54, 1.807) is 4.90 Å². The molecule has 0 aromatic heterocycles. The van der Waals surface area contributed by atoms with E-state index in [1.807, 2.05) is 0 Å². The van der Waals surface area contributed by atoms with E-state index in [2.05, 4.69) is 0 Å². The highest BCUT2D eigenvalue weighted by Gasteiger charge is 2.20. The number of hydrogen-bond donors (Lipinski definition) is 1. The van der Waals surface area contributed by atoms with Gasteiger partial charge in [-0.25, -0.2) is 4.39 Å². The SMILES string of the molecule is NC(=O)CC(F)N1CCCCC1. The fourth-order valence-electron chi connectivity index (χ4n) is 1.49. The van der Waals surface area contributed by atoms with Gasteiger partial charge in [-0.15, -0.1) is 0 Å². The highest BCUT2D eigenvalue weighted by Crippen LogP contribution is 2.14. The Kier molecular flexibility index (Phi) is 3.47. The fourth-order valence-corrected chi connectivity index (χ4v) is 1.49. The van der Waals surface area contributed by atoms with Crippen molar-refractivity contribution in [3.8, 4) is 0 Å². The molecule has 70 valence electrons. The van der Waals surface area contributed by atoms with E-state index < -0.39 is 12.2 Å². The van der Waals surface area contributed by atoms with Crippen molar-refractivity contribution in [3.63, 3.8) is 0 Å². The molecule has 1 saturated heterocycles. The summed E-state index contributed by atoms with van der Waals surface area (Å²) in [7, 11) is 0. The second-order valence-electron chi connectivity index (χ2n) is 3.20. The lowest BCUT2D eigenvalue weighted by Gasteiger charge is -2.28. The number of likely N-dealkylation sites (tertiary alicyclic amines) is 1. The molecule has 1 rings (SSSR count). The van der Waals surface area contributed by atoms with Crippen molar-refractivity contribution in [2.75, 3.05) is 13.1 Å². The van der Waals surface area contributed by atoms with Crippen molar-refractivity contribution in [3.05, 3.63) is 0 Å². The third-order valence-corrected chi connectivity index (χ3v) is 2.16. The summed E-state index contributed by atoms with van der Waals surface area (Å²) in [5.74, 6) is -0.562. The zero-order valence-electron chi connectivity index (χ0n) is 7.13. The molecule has 0 bridgehead atoms. The van der Waals surface area contributed by atoms with E-state index in [0.29, 0.717) is 0 Å². The van der Waals surface area contributed by atoms with Gasteiger partial charge in [0.2, 0.25) is 5.91 Å². The van der Waals surface area contributed by atoms with Crippen LogP contribution in [0.4, 0.5) is 4.39 Å². The number of nitrogens with zero attached hydrogens (tertiary/aromatic N) is 1. The number of hydrogen-bond acceptors (Lipinski definition) is 2. The summed E-state index contributed by atoms with van der Waals surface area (Å²) >= 11 is 0. The zero-order valence-corrected chi connectivity index (χ0v) is 7.13. The van der Waals surface area contributed by atoms with Gasteiger partial charge in [-0.05, 0) is 12.8 Å². The third-order valence-electron chi connectivity index (χ3n) is 2.16. The lowest BCUT2D eigenvalue weighted by molar-refractivity contribution is -0.121. The Hall–Kier alpha value is -0.640. The van der Waals surface area contributed by atoms with E-state index in [0.717, 1.165) is 25.9 Å². The Morgan fingerprint density at radius 3 is 2.50 bits per heavy atom. The van der Waals surface area contributed by atoms with Crippen LogP contribution in [0.3, 0.4) is 0 Å². The first-order valence-electron chi connectivity index (χ1n) is 4.36. The smallest absolute Gasteiger partial charge is 0.221 e. The molecule has 2 N–H and O–H groups in total. The van der Waals surface area contributed by atoms with Gasteiger partial charge >= 0.3 is 0 Å². The minimum absolute atomic E-state index is 0.167. The van der Waals surface area contributed by atoms with Gasteiger partial charge in [-0.3, -0.25) is 9.69 Å². The highest BCUT2D eigenvalue weighted by molar-refractivity contribution is 5.74. The molecule has 0 aromatic carbocycles. The number of piperidine rings is 1. The summed E-state index contributed by atoms with van der Waals surface area (Å²) < 4.78 is 13.2. The largest absolute Gasteiger partial charge is 0.370 e. The van der Waals surface area contributed by atoms with Crippen LogP contribution < -0.4 is 5.73 Å². The van der Waals surface area contributed by atoms with Crippen LogP contribution in [-0.2, 0) is 4.79 Å². The first-order chi connectivity index (χ1) is 5.70. The van der Waals surface area contributed by atoms with Gasteiger partial charge in [0.05, 0.1) is 6.42 Å². The van der Waals surface area contributed by atoms with Gasteiger partial charge in [0.1, 0.15) is 0 Å². The van der Waals surface area contributed by atoms with Crippen LogP contribution in [0.5, 0.6) is 0 Å². The minimum Gasteiger partial charge on any atom is -0.370 e. The number of nitrogens with two attached hydrogens (primary N) is 1. The van der Waals surface area contributed by atoms with Crippen molar-refractivity contribution in [2.24, 2.45) is 5.73 Å². The molecule has 1 amide bonds. The average Bonchev–Trinajstić information content (AvgIpc) is 2.05. The van der Waals surface area contributed by atoms with Crippen LogP contribution >= 0.6 is 0 Å². The highest BCUT2D eigenvalue weighted by atomic mass is 19.1. The number of halogens is 1. The van der Waals surface area contributed by atoms with Gasteiger partial charge in [0, 0.05) is 13.1 Å². The molecule has 1 atom stereocenters. The molecular weight excluding hydrogens is 159 g/mol. The van der Waals surface area contributed by atoms with Crippen molar-refractivity contribution in [1.29, 1.82) is 0 Å². The second kappa shape index (κ2) is 4.40. The van der Waals surface area contributed by atoms with Crippen molar-refractivity contribution >= 4 is 5.91 Å². The number of primary amides is 1. The summed E-state index contributed by atoms with van der Waals surface area (Å²) in [6.45, 7) is 1.52. The predicted octanol–water partition coefficient (Wildman–Crippen LogP) is 0.643. The third kappa shape index (κ3) is 2.77.